The van der Waals surface area contributed by atoms with Gasteiger partial charge in [-0.2, -0.15) is 14.6 Å². The van der Waals surface area contributed by atoms with Crippen LogP contribution in [-0.4, -0.2) is 81.4 Å². The molecule has 3 aromatic heterocycles. The third kappa shape index (κ3) is 12.1. The van der Waals surface area contributed by atoms with E-state index in [0.29, 0.717) is 62.6 Å². The number of halogens is 3. The molecule has 0 bridgehead atoms. The summed E-state index contributed by atoms with van der Waals surface area (Å²) in [5, 5.41) is 14.3. The number of carbonyl (C=O) groups excluding carboxylic acids is 2. The number of anilines is 1. The predicted octanol–water partition coefficient (Wildman–Crippen LogP) is 6.85. The number of aryl methyl sites for hydroxylation is 2. The number of ether oxygens (including phenoxy) is 3. The molecule has 276 valence electrons. The van der Waals surface area contributed by atoms with Gasteiger partial charge in [-0.15, -0.1) is 23.2 Å². The normalized spacial score (nSPS) is 15.7. The molecule has 0 spiro atoms. The molecule has 2 amide bonds. The SMILES string of the molecule is Cc1nn(COCC[Si](C)(C)C)c(C)c1-c1ccc(NC(=O)[C@H](CCCC(Cl)Cl)NC(=O)c2ccnn2CCCOC2CCCCO2)nc1F. The topological polar surface area (TPSA) is 134 Å². The summed E-state index contributed by atoms with van der Waals surface area (Å²) in [6.07, 6.45) is 6.09. The Morgan fingerprint density at radius 1 is 1.10 bits per heavy atom. The number of hydrogen-bond acceptors (Lipinski definition) is 8. The molecule has 2 N–H and O–H groups in total. The van der Waals surface area contributed by atoms with Crippen molar-refractivity contribution >= 4 is 48.9 Å². The average Bonchev–Trinajstić information content (AvgIpc) is 3.64. The monoisotopic (exact) mass is 753 g/mol. The van der Waals surface area contributed by atoms with Crippen LogP contribution in [0, 0.1) is 19.8 Å². The van der Waals surface area contributed by atoms with Crippen LogP contribution in [0.25, 0.3) is 11.1 Å². The van der Waals surface area contributed by atoms with Gasteiger partial charge in [0.05, 0.1) is 12.3 Å². The number of alkyl halides is 2. The van der Waals surface area contributed by atoms with E-state index in [9.17, 15) is 9.59 Å². The largest absolute Gasteiger partial charge is 0.360 e. The molecule has 2 atom stereocenters. The molecule has 1 unspecified atom stereocenters. The van der Waals surface area contributed by atoms with Crippen LogP contribution in [0.5, 0.6) is 0 Å². The highest BCUT2D eigenvalue weighted by atomic mass is 35.5. The van der Waals surface area contributed by atoms with E-state index in [1.807, 2.05) is 13.8 Å². The highest BCUT2D eigenvalue weighted by Gasteiger charge is 2.25. The smallest absolute Gasteiger partial charge is 0.270 e. The van der Waals surface area contributed by atoms with Crippen molar-refractivity contribution in [3.63, 3.8) is 0 Å². The van der Waals surface area contributed by atoms with Crippen molar-refractivity contribution in [2.45, 2.75) is 115 Å². The molecule has 3 aromatic rings. The first-order valence-electron chi connectivity index (χ1n) is 17.3. The summed E-state index contributed by atoms with van der Waals surface area (Å²) >= 11 is 11.9. The number of amides is 2. The Morgan fingerprint density at radius 3 is 2.60 bits per heavy atom. The highest BCUT2D eigenvalue weighted by molar-refractivity contribution is 6.76. The van der Waals surface area contributed by atoms with Crippen molar-refractivity contribution in [1.82, 2.24) is 29.9 Å². The van der Waals surface area contributed by atoms with Gasteiger partial charge in [-0.25, -0.2) is 9.67 Å². The molecule has 12 nitrogen and oxygen atoms in total. The fourth-order valence-corrected chi connectivity index (χ4v) is 6.66. The van der Waals surface area contributed by atoms with Gasteiger partial charge in [-0.3, -0.25) is 14.3 Å². The van der Waals surface area contributed by atoms with Gasteiger partial charge >= 0.3 is 0 Å². The fourth-order valence-electron chi connectivity index (χ4n) is 5.60. The second-order valence-corrected chi connectivity index (χ2v) is 20.6. The molecule has 1 aliphatic heterocycles. The zero-order chi connectivity index (χ0) is 36.3. The van der Waals surface area contributed by atoms with E-state index in [4.69, 9.17) is 37.4 Å². The summed E-state index contributed by atoms with van der Waals surface area (Å²) in [5.41, 5.74) is 2.56. The van der Waals surface area contributed by atoms with Crippen molar-refractivity contribution < 1.29 is 28.2 Å². The third-order valence-corrected chi connectivity index (χ3v) is 10.5. The number of nitrogens with one attached hydrogen (secondary N) is 2. The lowest BCUT2D eigenvalue weighted by molar-refractivity contribution is -0.163. The van der Waals surface area contributed by atoms with Crippen LogP contribution >= 0.6 is 23.2 Å². The Labute approximate surface area is 304 Å². The fraction of sp³-hybridized carbons (Fsp3) is 0.618. The number of pyridine rings is 1. The number of rotatable bonds is 19. The van der Waals surface area contributed by atoms with Crippen molar-refractivity contribution in [3.05, 3.63) is 47.4 Å². The Hall–Kier alpha value is -2.88. The van der Waals surface area contributed by atoms with Gasteiger partial charge in [-0.05, 0) is 83.0 Å². The minimum atomic E-state index is -1.23. The number of carbonyl (C=O) groups is 2. The molecule has 0 aromatic carbocycles. The van der Waals surface area contributed by atoms with E-state index in [1.165, 1.54) is 12.3 Å². The summed E-state index contributed by atoms with van der Waals surface area (Å²) in [7, 11) is -1.23. The molecule has 0 radical (unpaired) electrons. The first-order chi connectivity index (χ1) is 23.8. The minimum absolute atomic E-state index is 0.00688. The number of nitrogens with zero attached hydrogens (tertiary/aromatic N) is 5. The molecule has 1 fully saturated rings. The maximum atomic E-state index is 15.5. The van der Waals surface area contributed by atoms with Crippen LogP contribution in [0.4, 0.5) is 10.2 Å². The first-order valence-corrected chi connectivity index (χ1v) is 21.8. The lowest BCUT2D eigenvalue weighted by Gasteiger charge is -2.22. The molecule has 0 saturated carbocycles. The lowest BCUT2D eigenvalue weighted by atomic mass is 10.1. The number of aromatic nitrogens is 5. The third-order valence-electron chi connectivity index (χ3n) is 8.40. The van der Waals surface area contributed by atoms with Crippen LogP contribution in [0.3, 0.4) is 0 Å². The quantitative estimate of drug-likeness (QED) is 0.0588. The van der Waals surface area contributed by atoms with Gasteiger partial charge < -0.3 is 24.8 Å². The molecule has 4 rings (SSSR count). The first kappa shape index (κ1) is 39.9. The van der Waals surface area contributed by atoms with Crippen molar-refractivity contribution in [3.8, 4) is 11.1 Å². The zero-order valence-electron chi connectivity index (χ0n) is 29.6. The van der Waals surface area contributed by atoms with Gasteiger partial charge in [0.1, 0.15) is 29.1 Å². The van der Waals surface area contributed by atoms with E-state index < -0.39 is 36.7 Å². The second kappa shape index (κ2) is 19.1. The van der Waals surface area contributed by atoms with Gasteiger partial charge in [-0.1, -0.05) is 19.6 Å². The molecule has 1 aliphatic rings. The Bertz CT molecular complexity index is 1560. The van der Waals surface area contributed by atoms with E-state index in [-0.39, 0.29) is 30.8 Å². The van der Waals surface area contributed by atoms with E-state index in [2.05, 4.69) is 45.5 Å². The molecular formula is C34H50Cl2FN7O5Si. The Balaban J connectivity index is 1.39. The maximum absolute atomic E-state index is 15.5. The average molecular weight is 755 g/mol. The van der Waals surface area contributed by atoms with Crippen LogP contribution in [0.1, 0.15) is 66.8 Å². The van der Waals surface area contributed by atoms with Crippen LogP contribution in [0.2, 0.25) is 25.7 Å². The number of hydrogen-bond donors (Lipinski definition) is 2. The van der Waals surface area contributed by atoms with Crippen LogP contribution in [-0.2, 0) is 32.3 Å². The van der Waals surface area contributed by atoms with Crippen LogP contribution in [0.15, 0.2) is 24.4 Å². The molecular weight excluding hydrogens is 704 g/mol. The lowest BCUT2D eigenvalue weighted by Crippen LogP contribution is -2.44. The van der Waals surface area contributed by atoms with Crippen LogP contribution < -0.4 is 10.6 Å². The van der Waals surface area contributed by atoms with Gasteiger partial charge in [0, 0.05) is 50.9 Å². The summed E-state index contributed by atoms with van der Waals surface area (Å²) in [6, 6.07) is 4.74. The highest BCUT2D eigenvalue weighted by Crippen LogP contribution is 2.30. The molecule has 0 aliphatic carbocycles. The summed E-state index contributed by atoms with van der Waals surface area (Å²) < 4.78 is 36.1. The Kier molecular flexibility index (Phi) is 15.2. The summed E-state index contributed by atoms with van der Waals surface area (Å²) in [6.45, 7) is 13.1. The molecule has 4 heterocycles. The van der Waals surface area contributed by atoms with Crippen molar-refractivity contribution in [2.75, 3.05) is 25.1 Å². The molecule has 16 heteroatoms. The Morgan fingerprint density at radius 2 is 1.90 bits per heavy atom. The summed E-state index contributed by atoms with van der Waals surface area (Å²) in [5.74, 6) is -1.79. The zero-order valence-corrected chi connectivity index (χ0v) is 32.2. The molecule has 1 saturated heterocycles. The van der Waals surface area contributed by atoms with E-state index in [1.54, 1.807) is 21.5 Å². The molecule has 50 heavy (non-hydrogen) atoms. The van der Waals surface area contributed by atoms with E-state index in [0.717, 1.165) is 31.0 Å². The maximum Gasteiger partial charge on any atom is 0.270 e. The summed E-state index contributed by atoms with van der Waals surface area (Å²) in [4.78, 5) is 30.3. The van der Waals surface area contributed by atoms with Gasteiger partial charge in [0.2, 0.25) is 11.9 Å². The predicted molar refractivity (Wildman–Crippen MR) is 195 cm³/mol. The van der Waals surface area contributed by atoms with Crippen molar-refractivity contribution in [2.24, 2.45) is 0 Å². The standard InChI is InChI=1S/C34H50Cl2FN7O5Si/c1-23-31(24(2)44(42-23)22-47-20-21-50(3,4)5)25-13-14-29(40-32(25)37)41-33(45)26(10-8-11-28(35)36)39-34(46)27-15-16-38-43(27)17-9-19-49-30-12-6-7-18-48-30/h13-16,26,28,30H,6-12,17-22H2,1-5H3,(H,39,46)(H,40,41,45)/t26-,30?/m0/s1. The van der Waals surface area contributed by atoms with Crippen molar-refractivity contribution in [1.29, 1.82) is 0 Å². The van der Waals surface area contributed by atoms with E-state index >= 15 is 4.39 Å². The minimum Gasteiger partial charge on any atom is -0.360 e. The second-order valence-electron chi connectivity index (χ2n) is 13.7. The van der Waals surface area contributed by atoms with Gasteiger partial charge in [0.15, 0.2) is 6.29 Å². The van der Waals surface area contributed by atoms with Gasteiger partial charge in [0.25, 0.3) is 5.91 Å².